The molecule has 1 aliphatic rings. The average Bonchev–Trinajstić information content (AvgIpc) is 2.40. The Morgan fingerprint density at radius 2 is 2.15 bits per heavy atom. The van der Waals surface area contributed by atoms with E-state index >= 15 is 0 Å². The lowest BCUT2D eigenvalue weighted by Crippen LogP contribution is -2.36. The van der Waals surface area contributed by atoms with Crippen molar-refractivity contribution in [3.05, 3.63) is 29.3 Å². The number of ether oxygens (including phenoxy) is 1. The number of nitrogens with one attached hydrogen (secondary N) is 1. The first kappa shape index (κ1) is 14.7. The van der Waals surface area contributed by atoms with Crippen LogP contribution in [0.2, 0.25) is 0 Å². The van der Waals surface area contributed by atoms with Crippen molar-refractivity contribution in [2.45, 2.75) is 25.6 Å². The molecule has 1 aliphatic heterocycles. The van der Waals surface area contributed by atoms with Gasteiger partial charge in [-0.3, -0.25) is 0 Å². The lowest BCUT2D eigenvalue weighted by Gasteiger charge is -2.30. The fraction of sp³-hybridized carbons (Fsp3) is 0.500. The highest BCUT2D eigenvalue weighted by molar-refractivity contribution is 5.60. The number of alkyl halides is 3. The molecule has 1 fully saturated rings. The Morgan fingerprint density at radius 1 is 1.40 bits per heavy atom. The number of rotatable bonds is 2. The van der Waals surface area contributed by atoms with Gasteiger partial charge in [0.05, 0.1) is 23.4 Å². The molecule has 0 aromatic heterocycles. The minimum atomic E-state index is -4.41. The van der Waals surface area contributed by atoms with Crippen molar-refractivity contribution < 1.29 is 17.9 Å². The van der Waals surface area contributed by atoms with Crippen LogP contribution >= 0.6 is 0 Å². The predicted octanol–water partition coefficient (Wildman–Crippen LogP) is 3.41. The molecule has 108 valence electrons. The normalized spacial score (nSPS) is 23.1. The van der Waals surface area contributed by atoms with Gasteiger partial charge in [-0.05, 0) is 30.5 Å². The van der Waals surface area contributed by atoms with Crippen LogP contribution < -0.4 is 5.32 Å². The molecule has 1 aromatic rings. The molecule has 1 aromatic carbocycles. The molecule has 0 aliphatic carbocycles. The van der Waals surface area contributed by atoms with Crippen molar-refractivity contribution in [2.75, 3.05) is 18.5 Å². The lowest BCUT2D eigenvalue weighted by molar-refractivity contribution is -0.137. The Bertz CT molecular complexity index is 522. The minimum absolute atomic E-state index is 0.0133. The van der Waals surface area contributed by atoms with Crippen molar-refractivity contribution in [3.8, 4) is 6.07 Å². The van der Waals surface area contributed by atoms with Gasteiger partial charge in [-0.2, -0.15) is 18.4 Å². The fourth-order valence-corrected chi connectivity index (χ4v) is 2.23. The summed E-state index contributed by atoms with van der Waals surface area (Å²) >= 11 is 0. The highest BCUT2D eigenvalue weighted by atomic mass is 19.4. The van der Waals surface area contributed by atoms with Gasteiger partial charge in [0, 0.05) is 12.6 Å². The maximum absolute atomic E-state index is 12.7. The van der Waals surface area contributed by atoms with E-state index in [9.17, 15) is 13.2 Å². The fourth-order valence-electron chi connectivity index (χ4n) is 2.23. The summed E-state index contributed by atoms with van der Waals surface area (Å²) in [6.45, 7) is 3.11. The van der Waals surface area contributed by atoms with Crippen molar-refractivity contribution in [1.29, 1.82) is 5.26 Å². The van der Waals surface area contributed by atoms with Crippen LogP contribution in [-0.2, 0) is 10.9 Å². The summed E-state index contributed by atoms with van der Waals surface area (Å²) < 4.78 is 43.5. The molecule has 0 bridgehead atoms. The van der Waals surface area contributed by atoms with Gasteiger partial charge in [-0.15, -0.1) is 0 Å². The van der Waals surface area contributed by atoms with E-state index in [0.717, 1.165) is 12.1 Å². The Kier molecular flexibility index (Phi) is 4.19. The number of hydrogen-bond acceptors (Lipinski definition) is 3. The van der Waals surface area contributed by atoms with Gasteiger partial charge in [0.2, 0.25) is 0 Å². The lowest BCUT2D eigenvalue weighted by atomic mass is 9.97. The van der Waals surface area contributed by atoms with Crippen LogP contribution in [0.15, 0.2) is 18.2 Å². The van der Waals surface area contributed by atoms with Crippen molar-refractivity contribution >= 4 is 5.69 Å². The van der Waals surface area contributed by atoms with E-state index in [0.29, 0.717) is 19.6 Å². The highest BCUT2D eigenvalue weighted by Gasteiger charge is 2.31. The second-order valence-electron chi connectivity index (χ2n) is 4.96. The topological polar surface area (TPSA) is 45.0 Å². The first-order chi connectivity index (χ1) is 9.41. The molecule has 0 unspecified atom stereocenters. The van der Waals surface area contributed by atoms with Crippen LogP contribution in [0.25, 0.3) is 0 Å². The predicted molar refractivity (Wildman–Crippen MR) is 68.2 cm³/mol. The molecule has 0 spiro atoms. The second-order valence-corrected chi connectivity index (χ2v) is 4.96. The van der Waals surface area contributed by atoms with Crippen LogP contribution in [0.1, 0.15) is 24.5 Å². The van der Waals surface area contributed by atoms with E-state index in [-0.39, 0.29) is 23.2 Å². The molecular weight excluding hydrogens is 269 g/mol. The van der Waals surface area contributed by atoms with Gasteiger partial charge in [0.15, 0.2) is 0 Å². The van der Waals surface area contributed by atoms with Gasteiger partial charge >= 0.3 is 6.18 Å². The molecule has 1 heterocycles. The van der Waals surface area contributed by atoms with Crippen LogP contribution in [0, 0.1) is 17.2 Å². The van der Waals surface area contributed by atoms with Crippen LogP contribution in [0.3, 0.4) is 0 Å². The third kappa shape index (κ3) is 3.23. The molecule has 0 amide bonds. The quantitative estimate of drug-likeness (QED) is 0.905. The maximum Gasteiger partial charge on any atom is 0.416 e. The third-order valence-electron chi connectivity index (χ3n) is 3.45. The maximum atomic E-state index is 12.7. The number of halogens is 3. The second kappa shape index (κ2) is 5.71. The van der Waals surface area contributed by atoms with Gasteiger partial charge in [0.25, 0.3) is 0 Å². The Balaban J connectivity index is 2.27. The van der Waals surface area contributed by atoms with Crippen molar-refractivity contribution in [3.63, 3.8) is 0 Å². The first-order valence-corrected chi connectivity index (χ1v) is 6.37. The van der Waals surface area contributed by atoms with Crippen LogP contribution in [0.4, 0.5) is 18.9 Å². The molecular formula is C14H15F3N2O. The zero-order valence-corrected chi connectivity index (χ0v) is 11.0. The Hall–Kier alpha value is -1.74. The molecule has 3 nitrogen and oxygen atoms in total. The molecule has 20 heavy (non-hydrogen) atoms. The summed E-state index contributed by atoms with van der Waals surface area (Å²) in [5.74, 6) is 0.185. The van der Waals surface area contributed by atoms with E-state index < -0.39 is 11.7 Å². The summed E-state index contributed by atoms with van der Waals surface area (Å²) in [5.41, 5.74) is -0.295. The van der Waals surface area contributed by atoms with E-state index in [2.05, 4.69) is 5.32 Å². The number of nitrogens with zero attached hydrogens (tertiary/aromatic N) is 1. The van der Waals surface area contributed by atoms with Crippen LogP contribution in [-0.4, -0.2) is 19.3 Å². The van der Waals surface area contributed by atoms with Gasteiger partial charge in [0.1, 0.15) is 6.07 Å². The monoisotopic (exact) mass is 284 g/mol. The van der Waals surface area contributed by atoms with Crippen molar-refractivity contribution in [1.82, 2.24) is 0 Å². The Morgan fingerprint density at radius 3 is 2.75 bits per heavy atom. The summed E-state index contributed by atoms with van der Waals surface area (Å²) in [5, 5.41) is 12.1. The summed E-state index contributed by atoms with van der Waals surface area (Å²) in [7, 11) is 0. The molecule has 0 saturated carbocycles. The Labute approximate surface area is 115 Å². The third-order valence-corrected chi connectivity index (χ3v) is 3.45. The molecule has 2 rings (SSSR count). The van der Waals surface area contributed by atoms with E-state index in [1.807, 2.05) is 13.0 Å². The molecule has 1 N–H and O–H groups in total. The average molecular weight is 284 g/mol. The molecule has 1 saturated heterocycles. The SMILES string of the molecule is C[C@H]1COCC[C@H]1Nc1cc(C(F)(F)F)ccc1C#N. The first-order valence-electron chi connectivity index (χ1n) is 6.37. The van der Waals surface area contributed by atoms with E-state index in [1.54, 1.807) is 0 Å². The summed E-state index contributed by atoms with van der Waals surface area (Å²) in [4.78, 5) is 0. The number of hydrogen-bond donors (Lipinski definition) is 1. The highest BCUT2D eigenvalue weighted by Crippen LogP contribution is 2.33. The standard InChI is InChI=1S/C14H15F3N2O/c1-9-8-20-5-4-12(9)19-13-6-11(14(15,16)17)3-2-10(13)7-18/h2-3,6,9,12,19H,4-5,8H2,1H3/t9-,12+/m0/s1. The van der Waals surface area contributed by atoms with Crippen molar-refractivity contribution in [2.24, 2.45) is 5.92 Å². The minimum Gasteiger partial charge on any atom is -0.381 e. The van der Waals surface area contributed by atoms with Gasteiger partial charge in [-0.1, -0.05) is 6.92 Å². The van der Waals surface area contributed by atoms with Crippen LogP contribution in [0.5, 0.6) is 0 Å². The number of anilines is 1. The summed E-state index contributed by atoms with van der Waals surface area (Å²) in [6.07, 6.45) is -3.70. The van der Waals surface area contributed by atoms with Gasteiger partial charge in [-0.25, -0.2) is 0 Å². The summed E-state index contributed by atoms with van der Waals surface area (Å²) in [6, 6.07) is 5.06. The zero-order chi connectivity index (χ0) is 14.8. The molecule has 2 atom stereocenters. The molecule has 6 heteroatoms. The molecule has 0 radical (unpaired) electrons. The largest absolute Gasteiger partial charge is 0.416 e. The van der Waals surface area contributed by atoms with E-state index in [1.165, 1.54) is 6.07 Å². The smallest absolute Gasteiger partial charge is 0.381 e. The number of nitriles is 1. The zero-order valence-electron chi connectivity index (χ0n) is 11.0. The number of benzene rings is 1. The van der Waals surface area contributed by atoms with Gasteiger partial charge < -0.3 is 10.1 Å². The van der Waals surface area contributed by atoms with E-state index in [4.69, 9.17) is 10.00 Å².